The zero-order valence-corrected chi connectivity index (χ0v) is 14.3. The Morgan fingerprint density at radius 2 is 2.08 bits per heavy atom. The second kappa shape index (κ2) is 6.59. The summed E-state index contributed by atoms with van der Waals surface area (Å²) in [5.74, 6) is 1.24. The van der Waals surface area contributed by atoms with Gasteiger partial charge >= 0.3 is 6.03 Å². The second-order valence-corrected chi connectivity index (χ2v) is 6.72. The van der Waals surface area contributed by atoms with E-state index in [2.05, 4.69) is 29.4 Å². The van der Waals surface area contributed by atoms with Gasteiger partial charge in [-0.1, -0.05) is 24.3 Å². The summed E-state index contributed by atoms with van der Waals surface area (Å²) in [4.78, 5) is 22.6. The molecular formula is C20H22N4O. The molecule has 2 aromatic carbocycles. The number of anilines is 1. The van der Waals surface area contributed by atoms with Crippen LogP contribution < -0.4 is 5.32 Å². The third-order valence-electron chi connectivity index (χ3n) is 4.78. The molecule has 2 heterocycles. The lowest BCUT2D eigenvalue weighted by Crippen LogP contribution is -2.41. The van der Waals surface area contributed by atoms with Gasteiger partial charge in [0.25, 0.3) is 0 Å². The predicted octanol–water partition coefficient (Wildman–Crippen LogP) is 4.28. The molecule has 1 aromatic heterocycles. The maximum absolute atomic E-state index is 12.5. The standard InChI is InChI=1S/C20H22N4O/c1-14-9-10-17-18(12-14)23-19(22-17)15-6-5-11-24(13-15)20(25)21-16-7-3-2-4-8-16/h2-4,7-10,12,15H,5-6,11,13H2,1H3,(H,21,25)(H,22,23). The van der Waals surface area contributed by atoms with Crippen molar-refractivity contribution >= 4 is 22.8 Å². The number of imidazole rings is 1. The molecular weight excluding hydrogens is 312 g/mol. The van der Waals surface area contributed by atoms with Crippen LogP contribution in [0.1, 0.15) is 30.1 Å². The van der Waals surface area contributed by atoms with Crippen LogP contribution in [0.4, 0.5) is 10.5 Å². The molecule has 0 spiro atoms. The summed E-state index contributed by atoms with van der Waals surface area (Å²) in [6, 6.07) is 15.8. The van der Waals surface area contributed by atoms with Crippen LogP contribution in [0.15, 0.2) is 48.5 Å². The minimum Gasteiger partial charge on any atom is -0.342 e. The van der Waals surface area contributed by atoms with Gasteiger partial charge in [0.2, 0.25) is 0 Å². The number of hydrogen-bond donors (Lipinski definition) is 2. The third-order valence-corrected chi connectivity index (χ3v) is 4.78. The fourth-order valence-corrected chi connectivity index (χ4v) is 3.45. The maximum Gasteiger partial charge on any atom is 0.321 e. The van der Waals surface area contributed by atoms with Crippen LogP contribution in [-0.4, -0.2) is 34.0 Å². The van der Waals surface area contributed by atoms with E-state index >= 15 is 0 Å². The van der Waals surface area contributed by atoms with Crippen molar-refractivity contribution in [2.24, 2.45) is 0 Å². The number of aromatic amines is 1. The number of para-hydroxylation sites is 1. The zero-order valence-electron chi connectivity index (χ0n) is 14.3. The van der Waals surface area contributed by atoms with Gasteiger partial charge in [-0.15, -0.1) is 0 Å². The van der Waals surface area contributed by atoms with Gasteiger partial charge in [-0.3, -0.25) is 0 Å². The molecule has 1 unspecified atom stereocenters. The topological polar surface area (TPSA) is 61.0 Å². The van der Waals surface area contributed by atoms with E-state index in [0.717, 1.165) is 41.9 Å². The Kier molecular flexibility index (Phi) is 4.14. The van der Waals surface area contributed by atoms with Crippen LogP contribution >= 0.6 is 0 Å². The number of fused-ring (bicyclic) bond motifs is 1. The van der Waals surface area contributed by atoms with E-state index in [9.17, 15) is 4.79 Å². The third kappa shape index (κ3) is 3.36. The summed E-state index contributed by atoms with van der Waals surface area (Å²) in [5, 5.41) is 2.97. The molecule has 4 rings (SSSR count). The average Bonchev–Trinajstić information content (AvgIpc) is 3.06. The molecule has 128 valence electrons. The van der Waals surface area contributed by atoms with Crippen molar-refractivity contribution in [3.63, 3.8) is 0 Å². The number of nitrogens with zero attached hydrogens (tertiary/aromatic N) is 2. The number of aromatic nitrogens is 2. The van der Waals surface area contributed by atoms with Gasteiger partial charge in [0.15, 0.2) is 0 Å². The van der Waals surface area contributed by atoms with Crippen LogP contribution in [0.5, 0.6) is 0 Å². The molecule has 25 heavy (non-hydrogen) atoms. The molecule has 1 fully saturated rings. The molecule has 0 saturated carbocycles. The Bertz CT molecular complexity index is 887. The number of piperidine rings is 1. The number of rotatable bonds is 2. The fourth-order valence-electron chi connectivity index (χ4n) is 3.45. The molecule has 1 atom stereocenters. The molecule has 0 aliphatic carbocycles. The summed E-state index contributed by atoms with van der Waals surface area (Å²) >= 11 is 0. The summed E-state index contributed by atoms with van der Waals surface area (Å²) in [6.07, 6.45) is 2.04. The van der Waals surface area contributed by atoms with Crippen molar-refractivity contribution in [1.82, 2.24) is 14.9 Å². The van der Waals surface area contributed by atoms with Crippen LogP contribution in [0, 0.1) is 6.92 Å². The molecule has 0 radical (unpaired) electrons. The summed E-state index contributed by atoms with van der Waals surface area (Å²) in [7, 11) is 0. The normalized spacial score (nSPS) is 17.6. The van der Waals surface area contributed by atoms with Crippen molar-refractivity contribution in [3.05, 3.63) is 59.9 Å². The summed E-state index contributed by atoms with van der Waals surface area (Å²) in [5.41, 5.74) is 4.11. The van der Waals surface area contributed by atoms with Gasteiger partial charge in [-0.2, -0.15) is 0 Å². The Morgan fingerprint density at radius 1 is 1.24 bits per heavy atom. The Balaban J connectivity index is 1.49. The minimum atomic E-state index is -0.0390. The highest BCUT2D eigenvalue weighted by atomic mass is 16.2. The first-order chi connectivity index (χ1) is 12.2. The summed E-state index contributed by atoms with van der Waals surface area (Å²) < 4.78 is 0. The minimum absolute atomic E-state index is 0.0390. The molecule has 1 aliphatic rings. The van der Waals surface area contributed by atoms with E-state index in [1.54, 1.807) is 0 Å². The Morgan fingerprint density at radius 3 is 2.92 bits per heavy atom. The molecule has 2 N–H and O–H groups in total. The van der Waals surface area contributed by atoms with Crippen molar-refractivity contribution < 1.29 is 4.79 Å². The quantitative estimate of drug-likeness (QED) is 0.735. The number of aryl methyl sites for hydroxylation is 1. The number of likely N-dealkylation sites (tertiary alicyclic amines) is 1. The fraction of sp³-hybridized carbons (Fsp3) is 0.300. The number of hydrogen-bond acceptors (Lipinski definition) is 2. The highest BCUT2D eigenvalue weighted by Gasteiger charge is 2.26. The second-order valence-electron chi connectivity index (χ2n) is 6.72. The lowest BCUT2D eigenvalue weighted by Gasteiger charge is -2.31. The molecule has 2 amide bonds. The van der Waals surface area contributed by atoms with Crippen LogP contribution in [0.25, 0.3) is 11.0 Å². The van der Waals surface area contributed by atoms with Crippen molar-refractivity contribution in [3.8, 4) is 0 Å². The number of benzene rings is 2. The molecule has 5 nitrogen and oxygen atoms in total. The smallest absolute Gasteiger partial charge is 0.321 e. The lowest BCUT2D eigenvalue weighted by atomic mass is 9.97. The monoisotopic (exact) mass is 334 g/mol. The largest absolute Gasteiger partial charge is 0.342 e. The van der Waals surface area contributed by atoms with Crippen LogP contribution in [0.3, 0.4) is 0 Å². The SMILES string of the molecule is Cc1ccc2nc(C3CCCN(C(=O)Nc4ccccc4)C3)[nH]c2c1. The van der Waals surface area contributed by atoms with Gasteiger partial charge in [0.1, 0.15) is 5.82 Å². The number of carbonyl (C=O) groups excluding carboxylic acids is 1. The number of H-pyrrole nitrogens is 1. The van der Waals surface area contributed by atoms with E-state index in [-0.39, 0.29) is 11.9 Å². The van der Waals surface area contributed by atoms with Crippen LogP contribution in [-0.2, 0) is 0 Å². The predicted molar refractivity (Wildman–Crippen MR) is 99.8 cm³/mol. The van der Waals surface area contributed by atoms with Gasteiger partial charge in [-0.25, -0.2) is 9.78 Å². The van der Waals surface area contributed by atoms with E-state index in [0.29, 0.717) is 6.54 Å². The van der Waals surface area contributed by atoms with E-state index in [1.807, 2.05) is 41.3 Å². The van der Waals surface area contributed by atoms with Gasteiger partial charge in [-0.05, 0) is 49.6 Å². The molecule has 1 saturated heterocycles. The Hall–Kier alpha value is -2.82. The van der Waals surface area contributed by atoms with Crippen LogP contribution in [0.2, 0.25) is 0 Å². The average molecular weight is 334 g/mol. The van der Waals surface area contributed by atoms with Crippen molar-refractivity contribution in [2.75, 3.05) is 18.4 Å². The molecule has 5 heteroatoms. The van der Waals surface area contributed by atoms with E-state index < -0.39 is 0 Å². The lowest BCUT2D eigenvalue weighted by molar-refractivity contribution is 0.191. The highest BCUT2D eigenvalue weighted by molar-refractivity contribution is 5.89. The first-order valence-corrected chi connectivity index (χ1v) is 8.76. The van der Waals surface area contributed by atoms with Crippen molar-refractivity contribution in [2.45, 2.75) is 25.7 Å². The number of nitrogens with one attached hydrogen (secondary N) is 2. The Labute approximate surface area is 147 Å². The van der Waals surface area contributed by atoms with E-state index in [4.69, 9.17) is 4.98 Å². The maximum atomic E-state index is 12.5. The first kappa shape index (κ1) is 15.7. The zero-order chi connectivity index (χ0) is 17.2. The van der Waals surface area contributed by atoms with Crippen molar-refractivity contribution in [1.29, 1.82) is 0 Å². The number of amides is 2. The highest BCUT2D eigenvalue weighted by Crippen LogP contribution is 2.27. The molecule has 3 aromatic rings. The van der Waals surface area contributed by atoms with Gasteiger partial charge in [0, 0.05) is 24.7 Å². The number of carbonyl (C=O) groups is 1. The first-order valence-electron chi connectivity index (χ1n) is 8.76. The van der Waals surface area contributed by atoms with E-state index in [1.165, 1.54) is 5.56 Å². The summed E-state index contributed by atoms with van der Waals surface area (Å²) in [6.45, 7) is 3.56. The molecule has 1 aliphatic heterocycles. The van der Waals surface area contributed by atoms with Gasteiger partial charge < -0.3 is 15.2 Å². The number of urea groups is 1. The molecule has 0 bridgehead atoms. The van der Waals surface area contributed by atoms with Gasteiger partial charge in [0.05, 0.1) is 11.0 Å².